The summed E-state index contributed by atoms with van der Waals surface area (Å²) in [5, 5.41) is 13.5. The number of thiophene rings is 1. The normalized spacial score (nSPS) is 10.4. The molecule has 2 heterocycles. The lowest BCUT2D eigenvalue weighted by Crippen LogP contribution is -2.14. The summed E-state index contributed by atoms with van der Waals surface area (Å²) in [6.45, 7) is 2.02. The number of rotatable bonds is 4. The summed E-state index contributed by atoms with van der Waals surface area (Å²) < 4.78 is 0. The third kappa shape index (κ3) is 3.67. The van der Waals surface area contributed by atoms with Crippen molar-refractivity contribution in [3.05, 3.63) is 47.1 Å². The molecule has 0 unspecified atom stereocenters. The summed E-state index contributed by atoms with van der Waals surface area (Å²) in [5.41, 5.74) is 1.13. The lowest BCUT2D eigenvalue weighted by molar-refractivity contribution is -0.113. The highest BCUT2D eigenvalue weighted by Crippen LogP contribution is 2.30. The molecule has 0 aliphatic heterocycles. The molecule has 7 heteroatoms. The minimum absolute atomic E-state index is 0.135. The first kappa shape index (κ1) is 15.5. The Morgan fingerprint density at radius 2 is 2.26 bits per heavy atom. The van der Waals surface area contributed by atoms with E-state index in [4.69, 9.17) is 5.26 Å². The number of hydrogen-bond acceptors (Lipinski definition) is 6. The van der Waals surface area contributed by atoms with Gasteiger partial charge in [0.25, 0.3) is 0 Å². The van der Waals surface area contributed by atoms with Crippen LogP contribution in [0.4, 0.5) is 5.69 Å². The SMILES string of the molecule is Cc1cc2c(SCC(=O)Nc3cccc(C#N)c3)ncnc2s1. The average molecular weight is 340 g/mol. The van der Waals surface area contributed by atoms with Crippen molar-refractivity contribution in [1.82, 2.24) is 9.97 Å². The average Bonchev–Trinajstić information content (AvgIpc) is 2.93. The molecule has 114 valence electrons. The predicted octanol–water partition coefficient (Wildman–Crippen LogP) is 3.60. The topological polar surface area (TPSA) is 78.7 Å². The summed E-state index contributed by atoms with van der Waals surface area (Å²) in [7, 11) is 0. The fourth-order valence-electron chi connectivity index (χ4n) is 2.07. The van der Waals surface area contributed by atoms with Crippen LogP contribution in [-0.2, 0) is 4.79 Å². The molecule has 0 radical (unpaired) electrons. The van der Waals surface area contributed by atoms with Crippen molar-refractivity contribution in [1.29, 1.82) is 5.26 Å². The number of amides is 1. The van der Waals surface area contributed by atoms with Gasteiger partial charge >= 0.3 is 0 Å². The van der Waals surface area contributed by atoms with Gasteiger partial charge in [-0.2, -0.15) is 5.26 Å². The lowest BCUT2D eigenvalue weighted by Gasteiger charge is -2.05. The molecule has 5 nitrogen and oxygen atoms in total. The summed E-state index contributed by atoms with van der Waals surface area (Å²) in [6.07, 6.45) is 1.52. The molecule has 0 bridgehead atoms. The number of aromatic nitrogens is 2. The molecule has 0 saturated heterocycles. The van der Waals surface area contributed by atoms with Crippen LogP contribution in [0.3, 0.4) is 0 Å². The Balaban J connectivity index is 1.67. The Hall–Kier alpha value is -2.43. The number of anilines is 1. The first-order valence-electron chi connectivity index (χ1n) is 6.79. The van der Waals surface area contributed by atoms with Crippen molar-refractivity contribution < 1.29 is 4.79 Å². The van der Waals surface area contributed by atoms with Crippen LogP contribution in [0.15, 0.2) is 41.7 Å². The Labute approximate surface area is 141 Å². The van der Waals surface area contributed by atoms with Gasteiger partial charge in [-0.15, -0.1) is 11.3 Å². The van der Waals surface area contributed by atoms with Gasteiger partial charge in [0.2, 0.25) is 5.91 Å². The minimum Gasteiger partial charge on any atom is -0.325 e. The van der Waals surface area contributed by atoms with Crippen LogP contribution in [0.25, 0.3) is 10.2 Å². The Bertz CT molecular complexity index is 914. The zero-order valence-corrected chi connectivity index (χ0v) is 13.9. The summed E-state index contributed by atoms with van der Waals surface area (Å²) in [5.74, 6) is 0.112. The Kier molecular flexibility index (Phi) is 4.55. The Morgan fingerprint density at radius 1 is 1.39 bits per heavy atom. The lowest BCUT2D eigenvalue weighted by atomic mass is 10.2. The van der Waals surface area contributed by atoms with Crippen molar-refractivity contribution in [2.24, 2.45) is 0 Å². The number of nitriles is 1. The van der Waals surface area contributed by atoms with E-state index in [2.05, 4.69) is 15.3 Å². The summed E-state index contributed by atoms with van der Waals surface area (Å²) in [6, 6.07) is 10.9. The smallest absolute Gasteiger partial charge is 0.234 e. The molecule has 0 saturated carbocycles. The zero-order valence-electron chi connectivity index (χ0n) is 12.2. The maximum atomic E-state index is 12.1. The maximum absolute atomic E-state index is 12.1. The fourth-order valence-corrected chi connectivity index (χ4v) is 3.75. The van der Waals surface area contributed by atoms with E-state index in [1.165, 1.54) is 23.0 Å². The van der Waals surface area contributed by atoms with Gasteiger partial charge in [0.1, 0.15) is 16.2 Å². The molecule has 0 aliphatic carbocycles. The van der Waals surface area contributed by atoms with Gasteiger partial charge in [0.15, 0.2) is 0 Å². The van der Waals surface area contributed by atoms with Gasteiger partial charge < -0.3 is 5.32 Å². The summed E-state index contributed by atoms with van der Waals surface area (Å²) >= 11 is 2.99. The third-order valence-corrected chi connectivity index (χ3v) is 5.00. The number of fused-ring (bicyclic) bond motifs is 1. The minimum atomic E-state index is -0.135. The molecule has 0 atom stereocenters. The molecule has 3 rings (SSSR count). The van der Waals surface area contributed by atoms with Crippen molar-refractivity contribution in [2.75, 3.05) is 11.1 Å². The van der Waals surface area contributed by atoms with Crippen LogP contribution in [0.1, 0.15) is 10.4 Å². The van der Waals surface area contributed by atoms with E-state index >= 15 is 0 Å². The number of benzene rings is 1. The standard InChI is InChI=1S/C16H12N4OS2/c1-10-5-13-15(18-9-19-16(13)23-10)22-8-14(21)20-12-4-2-3-11(6-12)7-17/h2-6,9H,8H2,1H3,(H,20,21). The monoisotopic (exact) mass is 340 g/mol. The Morgan fingerprint density at radius 3 is 3.09 bits per heavy atom. The molecule has 0 fully saturated rings. The van der Waals surface area contributed by atoms with Crippen molar-refractivity contribution in [2.45, 2.75) is 11.9 Å². The second-order valence-electron chi connectivity index (χ2n) is 4.78. The van der Waals surface area contributed by atoms with Gasteiger partial charge in [-0.25, -0.2) is 9.97 Å². The number of nitrogens with one attached hydrogen (secondary N) is 1. The van der Waals surface area contributed by atoms with Crippen molar-refractivity contribution in [3.8, 4) is 6.07 Å². The number of thioether (sulfide) groups is 1. The van der Waals surface area contributed by atoms with E-state index in [-0.39, 0.29) is 11.7 Å². The fraction of sp³-hybridized carbons (Fsp3) is 0.125. The first-order chi connectivity index (χ1) is 11.2. The van der Waals surface area contributed by atoms with E-state index in [1.807, 2.05) is 19.1 Å². The highest BCUT2D eigenvalue weighted by atomic mass is 32.2. The largest absolute Gasteiger partial charge is 0.325 e. The van der Waals surface area contributed by atoms with E-state index in [0.29, 0.717) is 11.3 Å². The van der Waals surface area contributed by atoms with Crippen molar-refractivity contribution >= 4 is 44.9 Å². The van der Waals surface area contributed by atoms with Gasteiger partial charge in [-0.1, -0.05) is 17.8 Å². The van der Waals surface area contributed by atoms with Crippen LogP contribution < -0.4 is 5.32 Å². The molecule has 1 aromatic carbocycles. The van der Waals surface area contributed by atoms with Crippen LogP contribution in [-0.4, -0.2) is 21.6 Å². The maximum Gasteiger partial charge on any atom is 0.234 e. The quantitative estimate of drug-likeness (QED) is 0.580. The molecule has 0 spiro atoms. The van der Waals surface area contributed by atoms with Crippen LogP contribution in [0.2, 0.25) is 0 Å². The van der Waals surface area contributed by atoms with E-state index in [9.17, 15) is 4.79 Å². The van der Waals surface area contributed by atoms with Crippen molar-refractivity contribution in [3.63, 3.8) is 0 Å². The number of carbonyl (C=O) groups is 1. The molecule has 1 N–H and O–H groups in total. The third-order valence-electron chi connectivity index (χ3n) is 3.03. The molecule has 23 heavy (non-hydrogen) atoms. The second-order valence-corrected chi connectivity index (χ2v) is 6.98. The molecular formula is C16H12N4OS2. The van der Waals surface area contributed by atoms with E-state index in [1.54, 1.807) is 35.6 Å². The van der Waals surface area contributed by atoms with Gasteiger partial charge in [-0.3, -0.25) is 4.79 Å². The van der Waals surface area contributed by atoms with E-state index in [0.717, 1.165) is 15.2 Å². The van der Waals surface area contributed by atoms with Gasteiger partial charge in [-0.05, 0) is 31.2 Å². The van der Waals surface area contributed by atoms with Crippen LogP contribution in [0, 0.1) is 18.3 Å². The molecule has 1 amide bonds. The van der Waals surface area contributed by atoms with Crippen LogP contribution in [0.5, 0.6) is 0 Å². The number of carbonyl (C=O) groups excluding carboxylic acids is 1. The van der Waals surface area contributed by atoms with Crippen LogP contribution >= 0.6 is 23.1 Å². The molecule has 3 aromatic rings. The number of aryl methyl sites for hydroxylation is 1. The second kappa shape index (κ2) is 6.77. The van der Waals surface area contributed by atoms with Gasteiger partial charge in [0.05, 0.1) is 17.4 Å². The zero-order chi connectivity index (χ0) is 16.2. The molecule has 2 aromatic heterocycles. The van der Waals surface area contributed by atoms with E-state index < -0.39 is 0 Å². The molecular weight excluding hydrogens is 328 g/mol. The number of hydrogen-bond donors (Lipinski definition) is 1. The first-order valence-corrected chi connectivity index (χ1v) is 8.60. The highest BCUT2D eigenvalue weighted by molar-refractivity contribution is 8.00. The number of nitrogens with zero attached hydrogens (tertiary/aromatic N) is 3. The highest BCUT2D eigenvalue weighted by Gasteiger charge is 2.10. The van der Waals surface area contributed by atoms with Gasteiger partial charge in [0, 0.05) is 16.0 Å². The molecule has 0 aliphatic rings. The summed E-state index contributed by atoms with van der Waals surface area (Å²) in [4.78, 5) is 22.7. The predicted molar refractivity (Wildman–Crippen MR) is 92.7 cm³/mol.